The summed E-state index contributed by atoms with van der Waals surface area (Å²) in [6.45, 7) is 13.6. The monoisotopic (exact) mass is 352 g/mol. The molecule has 1 heterocycles. The molecule has 0 amide bonds. The average Bonchev–Trinajstić information content (AvgIpc) is 2.65. The van der Waals surface area contributed by atoms with Crippen molar-refractivity contribution in [3.05, 3.63) is 0 Å². The molecule has 2 rings (SSSR count). The predicted octanol–water partition coefficient (Wildman–Crippen LogP) is 4.80. The van der Waals surface area contributed by atoms with Crippen molar-refractivity contribution in [2.75, 3.05) is 39.8 Å². The number of piperazine rings is 1. The second-order valence-electron chi connectivity index (χ2n) is 8.75. The lowest BCUT2D eigenvalue weighted by atomic mass is 9.83. The van der Waals surface area contributed by atoms with Gasteiger partial charge < -0.3 is 9.64 Å². The Morgan fingerprint density at radius 3 is 2.20 bits per heavy atom. The highest BCUT2D eigenvalue weighted by Gasteiger charge is 2.24. The first-order valence-electron chi connectivity index (χ1n) is 11.1. The highest BCUT2D eigenvalue weighted by molar-refractivity contribution is 4.79. The van der Waals surface area contributed by atoms with Crippen LogP contribution in [0.15, 0.2) is 0 Å². The maximum Gasteiger partial charge on any atom is 0.0571 e. The molecule has 148 valence electrons. The molecule has 0 radical (unpaired) electrons. The van der Waals surface area contributed by atoms with E-state index in [1.54, 1.807) is 0 Å². The minimum Gasteiger partial charge on any atom is -0.381 e. The fraction of sp³-hybridized carbons (Fsp3) is 1.00. The Morgan fingerprint density at radius 2 is 1.64 bits per heavy atom. The van der Waals surface area contributed by atoms with Gasteiger partial charge in [0.2, 0.25) is 0 Å². The standard InChI is InChI=1S/C22H44N2O/c1-5-7-21(6-2)24-16-14-23(15-17-24)18-19(3)8-9-20-10-12-22(25-4)13-11-20/h19-22H,5-18H2,1-4H3/t19-,20?,21?,22?/m0/s1. The molecule has 0 aromatic heterocycles. The fourth-order valence-corrected chi connectivity index (χ4v) is 5.00. The molecule has 1 aliphatic heterocycles. The van der Waals surface area contributed by atoms with Crippen LogP contribution >= 0.6 is 0 Å². The molecule has 2 fully saturated rings. The van der Waals surface area contributed by atoms with Crippen LogP contribution in [0.3, 0.4) is 0 Å². The maximum absolute atomic E-state index is 5.50. The molecule has 0 aromatic carbocycles. The van der Waals surface area contributed by atoms with Crippen LogP contribution in [0.2, 0.25) is 0 Å². The first-order valence-corrected chi connectivity index (χ1v) is 11.1. The van der Waals surface area contributed by atoms with Gasteiger partial charge in [0.05, 0.1) is 6.10 Å². The van der Waals surface area contributed by atoms with Crippen LogP contribution in [0, 0.1) is 11.8 Å². The Hall–Kier alpha value is -0.120. The van der Waals surface area contributed by atoms with Gasteiger partial charge in [-0.1, -0.05) is 33.6 Å². The SMILES string of the molecule is CCCC(CC)N1CCN(C[C@@H](C)CCC2CCC(OC)CC2)CC1. The molecule has 2 aliphatic rings. The van der Waals surface area contributed by atoms with Crippen molar-refractivity contribution in [3.63, 3.8) is 0 Å². The molecule has 25 heavy (non-hydrogen) atoms. The lowest BCUT2D eigenvalue weighted by molar-refractivity contribution is 0.0534. The van der Waals surface area contributed by atoms with Crippen molar-refractivity contribution >= 4 is 0 Å². The van der Waals surface area contributed by atoms with E-state index in [1.807, 2.05) is 7.11 Å². The number of hydrogen-bond donors (Lipinski definition) is 0. The summed E-state index contributed by atoms with van der Waals surface area (Å²) in [5.41, 5.74) is 0. The lowest BCUT2D eigenvalue weighted by Gasteiger charge is -2.40. The third kappa shape index (κ3) is 7.19. The molecule has 3 heteroatoms. The zero-order valence-electron chi connectivity index (χ0n) is 17.5. The van der Waals surface area contributed by atoms with Crippen molar-refractivity contribution in [1.29, 1.82) is 0 Å². The molecule has 1 aliphatic carbocycles. The Bertz CT molecular complexity index is 333. The summed E-state index contributed by atoms with van der Waals surface area (Å²) < 4.78 is 5.50. The minimum absolute atomic E-state index is 0.546. The second kappa shape index (κ2) is 11.6. The third-order valence-electron chi connectivity index (χ3n) is 6.78. The minimum atomic E-state index is 0.546. The molecule has 1 saturated heterocycles. The summed E-state index contributed by atoms with van der Waals surface area (Å²) >= 11 is 0. The normalized spacial score (nSPS) is 28.8. The molecular formula is C22H44N2O. The summed E-state index contributed by atoms with van der Waals surface area (Å²) in [7, 11) is 1.87. The topological polar surface area (TPSA) is 15.7 Å². The van der Waals surface area contributed by atoms with Gasteiger partial charge >= 0.3 is 0 Å². The number of nitrogens with zero attached hydrogens (tertiary/aromatic N) is 2. The zero-order chi connectivity index (χ0) is 18.1. The highest BCUT2D eigenvalue weighted by Crippen LogP contribution is 2.30. The van der Waals surface area contributed by atoms with Gasteiger partial charge in [-0.05, 0) is 56.8 Å². The van der Waals surface area contributed by atoms with Gasteiger partial charge in [-0.15, -0.1) is 0 Å². The van der Waals surface area contributed by atoms with Crippen molar-refractivity contribution in [2.24, 2.45) is 11.8 Å². The van der Waals surface area contributed by atoms with Crippen molar-refractivity contribution in [3.8, 4) is 0 Å². The van der Waals surface area contributed by atoms with E-state index in [4.69, 9.17) is 4.74 Å². The first kappa shape index (κ1) is 21.2. The number of methoxy groups -OCH3 is 1. The maximum atomic E-state index is 5.50. The van der Waals surface area contributed by atoms with Crippen LogP contribution in [0.25, 0.3) is 0 Å². The van der Waals surface area contributed by atoms with E-state index in [9.17, 15) is 0 Å². The van der Waals surface area contributed by atoms with Crippen molar-refractivity contribution in [2.45, 2.75) is 90.7 Å². The van der Waals surface area contributed by atoms with Crippen LogP contribution in [0.4, 0.5) is 0 Å². The summed E-state index contributed by atoms with van der Waals surface area (Å²) in [4.78, 5) is 5.47. The number of ether oxygens (including phenoxy) is 1. The lowest BCUT2D eigenvalue weighted by Crippen LogP contribution is -2.51. The van der Waals surface area contributed by atoms with Gasteiger partial charge in [-0.3, -0.25) is 4.90 Å². The number of rotatable bonds is 10. The molecule has 0 spiro atoms. The second-order valence-corrected chi connectivity index (χ2v) is 8.75. The Labute approximate surface area is 157 Å². The van der Waals surface area contributed by atoms with E-state index >= 15 is 0 Å². The van der Waals surface area contributed by atoms with Gasteiger partial charge in [0.1, 0.15) is 0 Å². The smallest absolute Gasteiger partial charge is 0.0571 e. The van der Waals surface area contributed by atoms with Crippen LogP contribution in [0.1, 0.15) is 78.6 Å². The van der Waals surface area contributed by atoms with Crippen molar-refractivity contribution in [1.82, 2.24) is 9.80 Å². The predicted molar refractivity (Wildman–Crippen MR) is 108 cm³/mol. The zero-order valence-corrected chi connectivity index (χ0v) is 17.5. The molecular weight excluding hydrogens is 308 g/mol. The largest absolute Gasteiger partial charge is 0.381 e. The van der Waals surface area contributed by atoms with Crippen LogP contribution in [-0.2, 0) is 4.74 Å². The summed E-state index contributed by atoms with van der Waals surface area (Å²) in [5.74, 6) is 1.81. The molecule has 3 nitrogen and oxygen atoms in total. The van der Waals surface area contributed by atoms with E-state index in [-0.39, 0.29) is 0 Å². The van der Waals surface area contributed by atoms with Gasteiger partial charge in [0, 0.05) is 45.9 Å². The van der Waals surface area contributed by atoms with E-state index < -0.39 is 0 Å². The quantitative estimate of drug-likeness (QED) is 0.561. The fourth-order valence-electron chi connectivity index (χ4n) is 5.00. The van der Waals surface area contributed by atoms with Crippen molar-refractivity contribution < 1.29 is 4.74 Å². The van der Waals surface area contributed by atoms with E-state index in [0.717, 1.165) is 17.9 Å². The third-order valence-corrected chi connectivity index (χ3v) is 6.78. The van der Waals surface area contributed by atoms with Gasteiger partial charge in [0.25, 0.3) is 0 Å². The van der Waals surface area contributed by atoms with Gasteiger partial charge in [-0.2, -0.15) is 0 Å². The number of hydrogen-bond acceptors (Lipinski definition) is 3. The van der Waals surface area contributed by atoms with E-state index in [0.29, 0.717) is 6.10 Å². The summed E-state index contributed by atoms with van der Waals surface area (Å²) in [6.07, 6.45) is 12.8. The van der Waals surface area contributed by atoms with Gasteiger partial charge in [0.15, 0.2) is 0 Å². The Morgan fingerprint density at radius 1 is 0.960 bits per heavy atom. The molecule has 1 unspecified atom stereocenters. The summed E-state index contributed by atoms with van der Waals surface area (Å²) in [6, 6.07) is 0.826. The Kier molecular flexibility index (Phi) is 9.80. The average molecular weight is 353 g/mol. The van der Waals surface area contributed by atoms with Crippen LogP contribution in [0.5, 0.6) is 0 Å². The Balaban J connectivity index is 1.59. The molecule has 0 N–H and O–H groups in total. The molecule has 1 saturated carbocycles. The first-order chi connectivity index (χ1) is 12.2. The van der Waals surface area contributed by atoms with Crippen LogP contribution < -0.4 is 0 Å². The molecule has 0 bridgehead atoms. The van der Waals surface area contributed by atoms with E-state index in [2.05, 4.69) is 30.6 Å². The highest BCUT2D eigenvalue weighted by atomic mass is 16.5. The van der Waals surface area contributed by atoms with E-state index in [1.165, 1.54) is 90.5 Å². The van der Waals surface area contributed by atoms with Crippen LogP contribution in [-0.4, -0.2) is 61.8 Å². The molecule has 2 atom stereocenters. The molecule has 0 aromatic rings. The van der Waals surface area contributed by atoms with Gasteiger partial charge in [-0.25, -0.2) is 0 Å². The summed E-state index contributed by atoms with van der Waals surface area (Å²) in [5, 5.41) is 0.